The molecule has 3 aromatic rings. The molecule has 0 saturated carbocycles. The summed E-state index contributed by atoms with van der Waals surface area (Å²) in [6.45, 7) is 2.04. The molecule has 0 bridgehead atoms. The number of amides is 1. The second-order valence-corrected chi connectivity index (χ2v) is 11.7. The van der Waals surface area contributed by atoms with Crippen molar-refractivity contribution >= 4 is 55.2 Å². The van der Waals surface area contributed by atoms with E-state index in [4.69, 9.17) is 4.74 Å². The number of carbonyl (C=O) groups excluding carboxylic acids is 2. The zero-order chi connectivity index (χ0) is 24.5. The summed E-state index contributed by atoms with van der Waals surface area (Å²) >= 11 is 2.87. The van der Waals surface area contributed by atoms with Crippen LogP contribution in [-0.4, -0.2) is 55.1 Å². The number of nitrogens with zero attached hydrogens (tertiary/aromatic N) is 3. The van der Waals surface area contributed by atoms with E-state index in [0.29, 0.717) is 17.6 Å². The molecule has 180 valence electrons. The van der Waals surface area contributed by atoms with Crippen molar-refractivity contribution in [3.63, 3.8) is 0 Å². The molecule has 11 heteroatoms. The molecule has 1 unspecified atom stereocenters. The zero-order valence-electron chi connectivity index (χ0n) is 19.1. The predicted molar refractivity (Wildman–Crippen MR) is 132 cm³/mol. The summed E-state index contributed by atoms with van der Waals surface area (Å²) in [5, 5.41) is 0. The van der Waals surface area contributed by atoms with Gasteiger partial charge in [-0.25, -0.2) is 8.42 Å². The number of carbonyl (C=O) groups is 2. The Labute approximate surface area is 206 Å². The number of esters is 1. The highest BCUT2D eigenvalue weighted by Crippen LogP contribution is 2.28. The lowest BCUT2D eigenvalue weighted by molar-refractivity contribution is -0.141. The number of aryl methyl sites for hydroxylation is 1. The fourth-order valence-electron chi connectivity index (χ4n) is 3.90. The standard InChI is InChI=1S/C23H25N3O5S3/c1-15-6-9-17(10-7-15)34(29,30)26-12-4-5-19(26)22(28)24-23-25(14-21(27)31-2)18-11-8-16(32-3)13-20(18)33-23/h6-11,13,19H,4-5,12,14H2,1-3H3. The average Bonchev–Trinajstić information content (AvgIpc) is 3.45. The van der Waals surface area contributed by atoms with Gasteiger partial charge in [0.25, 0.3) is 5.91 Å². The van der Waals surface area contributed by atoms with Gasteiger partial charge in [0.15, 0.2) is 4.80 Å². The molecule has 8 nitrogen and oxygen atoms in total. The van der Waals surface area contributed by atoms with Crippen LogP contribution in [-0.2, 0) is 30.9 Å². The summed E-state index contributed by atoms with van der Waals surface area (Å²) < 4.78 is 35.1. The van der Waals surface area contributed by atoms with Crippen molar-refractivity contribution in [3.05, 3.63) is 52.8 Å². The van der Waals surface area contributed by atoms with Gasteiger partial charge in [0.05, 0.1) is 22.2 Å². The number of sulfonamides is 1. The highest BCUT2D eigenvalue weighted by molar-refractivity contribution is 7.98. The van der Waals surface area contributed by atoms with E-state index in [9.17, 15) is 18.0 Å². The number of thiazole rings is 1. The molecular weight excluding hydrogens is 494 g/mol. The number of thioether (sulfide) groups is 1. The Hall–Kier alpha value is -2.47. The molecule has 34 heavy (non-hydrogen) atoms. The Kier molecular flexibility index (Phi) is 7.27. The second kappa shape index (κ2) is 10.0. The maximum Gasteiger partial charge on any atom is 0.325 e. The molecule has 1 aliphatic rings. The summed E-state index contributed by atoms with van der Waals surface area (Å²) in [7, 11) is -2.53. The first kappa shape index (κ1) is 24.6. The van der Waals surface area contributed by atoms with Gasteiger partial charge in [-0.3, -0.25) is 9.59 Å². The van der Waals surface area contributed by atoms with E-state index in [1.165, 1.54) is 22.8 Å². The fraction of sp³-hybridized carbons (Fsp3) is 0.348. The number of hydrogen-bond donors (Lipinski definition) is 0. The number of ether oxygens (including phenoxy) is 1. The number of methoxy groups -OCH3 is 1. The van der Waals surface area contributed by atoms with Crippen LogP contribution in [0.2, 0.25) is 0 Å². The Bertz CT molecular complexity index is 1410. The molecule has 1 atom stereocenters. The third-order valence-corrected chi connectivity index (χ3v) is 9.42. The van der Waals surface area contributed by atoms with Crippen molar-refractivity contribution in [2.75, 3.05) is 19.9 Å². The van der Waals surface area contributed by atoms with Crippen molar-refractivity contribution < 1.29 is 22.7 Å². The Balaban J connectivity index is 1.73. The molecule has 1 aliphatic heterocycles. The third kappa shape index (κ3) is 4.83. The van der Waals surface area contributed by atoms with E-state index < -0.39 is 27.9 Å². The first-order valence-corrected chi connectivity index (χ1v) is 14.1. The van der Waals surface area contributed by atoms with Gasteiger partial charge in [-0.05, 0) is 56.4 Å². The van der Waals surface area contributed by atoms with Crippen LogP contribution in [0.1, 0.15) is 18.4 Å². The second-order valence-electron chi connectivity index (χ2n) is 7.92. The van der Waals surface area contributed by atoms with Crippen molar-refractivity contribution in [2.24, 2.45) is 4.99 Å². The molecule has 4 rings (SSSR count). The lowest BCUT2D eigenvalue weighted by atomic mass is 10.2. The van der Waals surface area contributed by atoms with Gasteiger partial charge in [-0.15, -0.1) is 11.8 Å². The van der Waals surface area contributed by atoms with Crippen molar-refractivity contribution in [1.29, 1.82) is 0 Å². The lowest BCUT2D eigenvalue weighted by Gasteiger charge is -2.21. The highest BCUT2D eigenvalue weighted by atomic mass is 32.2. The fourth-order valence-corrected chi connectivity index (χ4v) is 7.14. The van der Waals surface area contributed by atoms with E-state index in [1.807, 2.05) is 31.4 Å². The van der Waals surface area contributed by atoms with Crippen molar-refractivity contribution in [3.8, 4) is 0 Å². The van der Waals surface area contributed by atoms with Crippen LogP contribution in [0.25, 0.3) is 10.2 Å². The molecule has 0 spiro atoms. The normalized spacial score (nSPS) is 17.4. The minimum absolute atomic E-state index is 0.0999. The predicted octanol–water partition coefficient (Wildman–Crippen LogP) is 3.19. The monoisotopic (exact) mass is 519 g/mol. The summed E-state index contributed by atoms with van der Waals surface area (Å²) in [6, 6.07) is 11.5. The third-order valence-electron chi connectivity index (χ3n) is 5.73. The first-order valence-electron chi connectivity index (χ1n) is 10.7. The van der Waals surface area contributed by atoms with Gasteiger partial charge in [-0.1, -0.05) is 29.0 Å². The average molecular weight is 520 g/mol. The van der Waals surface area contributed by atoms with E-state index >= 15 is 0 Å². The first-order chi connectivity index (χ1) is 16.2. The SMILES string of the molecule is COC(=O)Cn1c(=NC(=O)C2CCCN2S(=O)(=O)c2ccc(C)cc2)sc2cc(SC)ccc21. The molecule has 1 amide bonds. The lowest BCUT2D eigenvalue weighted by Crippen LogP contribution is -2.40. The smallest absolute Gasteiger partial charge is 0.325 e. The number of hydrogen-bond acceptors (Lipinski definition) is 7. The largest absolute Gasteiger partial charge is 0.468 e. The van der Waals surface area contributed by atoms with Gasteiger partial charge in [0.1, 0.15) is 12.6 Å². The highest BCUT2D eigenvalue weighted by Gasteiger charge is 2.39. The molecular formula is C23H25N3O5S3. The maximum absolute atomic E-state index is 13.3. The number of aromatic nitrogens is 1. The van der Waals surface area contributed by atoms with E-state index in [-0.39, 0.29) is 18.0 Å². The topological polar surface area (TPSA) is 98.0 Å². The minimum Gasteiger partial charge on any atom is -0.468 e. The van der Waals surface area contributed by atoms with Gasteiger partial charge < -0.3 is 9.30 Å². The van der Waals surface area contributed by atoms with Crippen molar-refractivity contribution in [1.82, 2.24) is 8.87 Å². The Morgan fingerprint density at radius 1 is 1.21 bits per heavy atom. The number of rotatable bonds is 6. The minimum atomic E-state index is -3.84. The molecule has 0 radical (unpaired) electrons. The number of benzene rings is 2. The molecule has 0 N–H and O–H groups in total. The van der Waals surface area contributed by atoms with Crippen LogP contribution in [0.5, 0.6) is 0 Å². The zero-order valence-corrected chi connectivity index (χ0v) is 21.5. The molecule has 1 fully saturated rings. The summed E-state index contributed by atoms with van der Waals surface area (Å²) in [4.78, 5) is 31.2. The molecule has 1 saturated heterocycles. The van der Waals surface area contributed by atoms with Crippen LogP contribution in [0, 0.1) is 6.92 Å². The summed E-state index contributed by atoms with van der Waals surface area (Å²) in [5.41, 5.74) is 1.71. The van der Waals surface area contributed by atoms with Gasteiger partial charge in [-0.2, -0.15) is 9.30 Å². The summed E-state index contributed by atoms with van der Waals surface area (Å²) in [5.74, 6) is -1.00. The maximum atomic E-state index is 13.3. The van der Waals surface area contributed by atoms with Gasteiger partial charge in [0.2, 0.25) is 10.0 Å². The van der Waals surface area contributed by atoms with Crippen LogP contribution in [0.15, 0.2) is 57.2 Å². The van der Waals surface area contributed by atoms with E-state index in [1.54, 1.807) is 40.6 Å². The molecule has 2 heterocycles. The van der Waals surface area contributed by atoms with Gasteiger partial charge >= 0.3 is 5.97 Å². The van der Waals surface area contributed by atoms with Crippen molar-refractivity contribution in [2.45, 2.75) is 42.1 Å². The van der Waals surface area contributed by atoms with E-state index in [2.05, 4.69) is 4.99 Å². The Morgan fingerprint density at radius 2 is 1.94 bits per heavy atom. The molecule has 1 aromatic heterocycles. The van der Waals surface area contributed by atoms with E-state index in [0.717, 1.165) is 20.7 Å². The number of fused-ring (bicyclic) bond motifs is 1. The van der Waals surface area contributed by atoms with Crippen LogP contribution in [0.3, 0.4) is 0 Å². The van der Waals surface area contributed by atoms with Crippen LogP contribution >= 0.6 is 23.1 Å². The molecule has 0 aliphatic carbocycles. The van der Waals surface area contributed by atoms with Crippen LogP contribution in [0.4, 0.5) is 0 Å². The van der Waals surface area contributed by atoms with Gasteiger partial charge in [0, 0.05) is 11.4 Å². The summed E-state index contributed by atoms with van der Waals surface area (Å²) in [6.07, 6.45) is 2.93. The Morgan fingerprint density at radius 3 is 2.62 bits per heavy atom. The van der Waals surface area contributed by atoms with Crippen LogP contribution < -0.4 is 4.80 Å². The quantitative estimate of drug-likeness (QED) is 0.367. The molecule has 2 aromatic carbocycles.